The molecule has 0 aliphatic heterocycles. The fraction of sp³-hybridized carbons (Fsp3) is 0.190. The van der Waals surface area contributed by atoms with Crippen LogP contribution in [0.1, 0.15) is 11.1 Å². The molecule has 0 unspecified atom stereocenters. The lowest BCUT2D eigenvalue weighted by Gasteiger charge is -2.09. The SMILES string of the molecule is COc1cc(CC(=O)Nc2nc(N)nc(NC(=O)Cc3ccc(O)c(OC)c3)n2)ccc1O. The second kappa shape index (κ2) is 10.1. The van der Waals surface area contributed by atoms with Crippen molar-refractivity contribution in [2.45, 2.75) is 12.8 Å². The number of methoxy groups -OCH3 is 2. The number of nitrogens with one attached hydrogen (secondary N) is 2. The molecule has 0 atom stereocenters. The topological polar surface area (TPSA) is 182 Å². The molecule has 2 amide bonds. The number of amides is 2. The molecule has 3 rings (SSSR count). The Morgan fingerprint density at radius 3 is 1.64 bits per heavy atom. The standard InChI is InChI=1S/C21H22N6O6/c1-32-15-7-11(3-5-13(15)28)9-17(30)23-20-25-19(22)26-21(27-20)24-18(31)10-12-4-6-14(29)16(8-12)33-2/h3-8,28-29H,9-10H2,1-2H3,(H4,22,23,24,25,26,27,30,31). The van der Waals surface area contributed by atoms with Crippen molar-refractivity contribution in [3.63, 3.8) is 0 Å². The van der Waals surface area contributed by atoms with Gasteiger partial charge in [-0.3, -0.25) is 20.2 Å². The lowest BCUT2D eigenvalue weighted by atomic mass is 10.1. The third-order valence-electron chi connectivity index (χ3n) is 4.37. The van der Waals surface area contributed by atoms with Gasteiger partial charge >= 0.3 is 0 Å². The van der Waals surface area contributed by atoms with E-state index in [-0.39, 0.29) is 53.7 Å². The van der Waals surface area contributed by atoms with E-state index in [2.05, 4.69) is 25.6 Å². The monoisotopic (exact) mass is 454 g/mol. The van der Waals surface area contributed by atoms with Gasteiger partial charge in [-0.2, -0.15) is 15.0 Å². The normalized spacial score (nSPS) is 10.4. The molecular formula is C21H22N6O6. The zero-order valence-electron chi connectivity index (χ0n) is 17.8. The number of nitrogen functional groups attached to an aromatic ring is 1. The number of phenols is 2. The van der Waals surface area contributed by atoms with E-state index in [1.165, 1.54) is 38.5 Å². The van der Waals surface area contributed by atoms with Gasteiger partial charge in [0.15, 0.2) is 23.0 Å². The number of nitrogens with two attached hydrogens (primary N) is 1. The van der Waals surface area contributed by atoms with Crippen LogP contribution in [0.5, 0.6) is 23.0 Å². The van der Waals surface area contributed by atoms with Crippen LogP contribution in [0.4, 0.5) is 17.8 Å². The average molecular weight is 454 g/mol. The number of hydrogen-bond acceptors (Lipinski definition) is 10. The highest BCUT2D eigenvalue weighted by atomic mass is 16.5. The van der Waals surface area contributed by atoms with E-state index >= 15 is 0 Å². The van der Waals surface area contributed by atoms with Crippen LogP contribution in [0.15, 0.2) is 36.4 Å². The molecule has 6 N–H and O–H groups in total. The number of aromatic nitrogens is 3. The Hall–Kier alpha value is -4.61. The molecule has 172 valence electrons. The number of anilines is 3. The Kier molecular flexibility index (Phi) is 7.08. The summed E-state index contributed by atoms with van der Waals surface area (Å²) in [5.74, 6) is -1.01. The van der Waals surface area contributed by atoms with Crippen LogP contribution < -0.4 is 25.8 Å². The van der Waals surface area contributed by atoms with Gasteiger partial charge in [0, 0.05) is 0 Å². The summed E-state index contributed by atoms with van der Waals surface area (Å²) in [7, 11) is 2.81. The van der Waals surface area contributed by atoms with Gasteiger partial charge in [-0.15, -0.1) is 0 Å². The zero-order chi connectivity index (χ0) is 24.0. The first kappa shape index (κ1) is 23.1. The van der Waals surface area contributed by atoms with Crippen molar-refractivity contribution in [1.82, 2.24) is 15.0 Å². The number of benzene rings is 2. The number of rotatable bonds is 8. The van der Waals surface area contributed by atoms with Crippen LogP contribution in [0.3, 0.4) is 0 Å². The summed E-state index contributed by atoms with van der Waals surface area (Å²) in [5, 5.41) is 24.3. The fourth-order valence-corrected chi connectivity index (χ4v) is 2.88. The number of ether oxygens (including phenoxy) is 2. The first-order valence-electron chi connectivity index (χ1n) is 9.60. The summed E-state index contributed by atoms with van der Waals surface area (Å²) in [4.78, 5) is 36.4. The van der Waals surface area contributed by atoms with Crippen molar-refractivity contribution in [3.05, 3.63) is 47.5 Å². The van der Waals surface area contributed by atoms with Crippen LogP contribution >= 0.6 is 0 Å². The highest BCUT2D eigenvalue weighted by Gasteiger charge is 2.13. The summed E-state index contributed by atoms with van der Waals surface area (Å²) in [5.41, 5.74) is 6.84. The second-order valence-electron chi connectivity index (χ2n) is 6.80. The van der Waals surface area contributed by atoms with Gasteiger partial charge in [0.25, 0.3) is 0 Å². The van der Waals surface area contributed by atoms with Crippen LogP contribution in [0, 0.1) is 0 Å². The third-order valence-corrected chi connectivity index (χ3v) is 4.37. The number of carbonyl (C=O) groups is 2. The molecule has 0 saturated carbocycles. The molecule has 12 nitrogen and oxygen atoms in total. The van der Waals surface area contributed by atoms with Gasteiger partial charge in [-0.1, -0.05) is 12.1 Å². The van der Waals surface area contributed by atoms with Gasteiger partial charge in [0.05, 0.1) is 27.1 Å². The first-order valence-corrected chi connectivity index (χ1v) is 9.60. The summed E-state index contributed by atoms with van der Waals surface area (Å²) in [6, 6.07) is 9.03. The minimum Gasteiger partial charge on any atom is -0.504 e. The molecule has 0 aliphatic carbocycles. The maximum atomic E-state index is 12.4. The molecule has 0 saturated heterocycles. The molecule has 0 bridgehead atoms. The van der Waals surface area contributed by atoms with Crippen molar-refractivity contribution in [2.24, 2.45) is 0 Å². The molecule has 0 aliphatic rings. The van der Waals surface area contributed by atoms with Crippen molar-refractivity contribution >= 4 is 29.7 Å². The first-order chi connectivity index (χ1) is 15.8. The van der Waals surface area contributed by atoms with Crippen molar-refractivity contribution < 1.29 is 29.3 Å². The van der Waals surface area contributed by atoms with E-state index < -0.39 is 11.8 Å². The van der Waals surface area contributed by atoms with E-state index in [9.17, 15) is 19.8 Å². The second-order valence-corrected chi connectivity index (χ2v) is 6.80. The molecule has 0 fully saturated rings. The fourth-order valence-electron chi connectivity index (χ4n) is 2.88. The van der Waals surface area contributed by atoms with Crippen LogP contribution in [0.25, 0.3) is 0 Å². The Balaban J connectivity index is 1.65. The number of aromatic hydroxyl groups is 2. The van der Waals surface area contributed by atoms with E-state index in [0.29, 0.717) is 11.1 Å². The number of nitrogens with zero attached hydrogens (tertiary/aromatic N) is 3. The Morgan fingerprint density at radius 2 is 1.24 bits per heavy atom. The van der Waals surface area contributed by atoms with Gasteiger partial charge in [-0.05, 0) is 35.4 Å². The molecule has 1 heterocycles. The average Bonchev–Trinajstić information content (AvgIpc) is 2.75. The minimum absolute atomic E-state index is 0.0435. The molecule has 1 aromatic heterocycles. The highest BCUT2D eigenvalue weighted by Crippen LogP contribution is 2.27. The molecule has 0 spiro atoms. The highest BCUT2D eigenvalue weighted by molar-refractivity contribution is 5.92. The third kappa shape index (κ3) is 6.19. The van der Waals surface area contributed by atoms with E-state index in [0.717, 1.165) is 0 Å². The van der Waals surface area contributed by atoms with Crippen molar-refractivity contribution in [3.8, 4) is 23.0 Å². The molecule has 33 heavy (non-hydrogen) atoms. The van der Waals surface area contributed by atoms with Crippen LogP contribution in [-0.2, 0) is 22.4 Å². The smallest absolute Gasteiger partial charge is 0.236 e. The van der Waals surface area contributed by atoms with E-state index in [4.69, 9.17) is 15.2 Å². The van der Waals surface area contributed by atoms with Gasteiger partial charge in [0.2, 0.25) is 29.7 Å². The maximum absolute atomic E-state index is 12.4. The maximum Gasteiger partial charge on any atom is 0.236 e. The van der Waals surface area contributed by atoms with E-state index in [1.807, 2.05) is 0 Å². The van der Waals surface area contributed by atoms with Gasteiger partial charge in [-0.25, -0.2) is 0 Å². The summed E-state index contributed by atoms with van der Waals surface area (Å²) in [6.07, 6.45) is -0.0980. The lowest BCUT2D eigenvalue weighted by Crippen LogP contribution is -2.20. The number of carbonyl (C=O) groups excluding carboxylic acids is 2. The quantitative estimate of drug-likeness (QED) is 0.332. The Bertz CT molecular complexity index is 1100. The van der Waals surface area contributed by atoms with Gasteiger partial charge in [0.1, 0.15) is 0 Å². The number of phenolic OH excluding ortho intramolecular Hbond substituents is 2. The molecule has 12 heteroatoms. The minimum atomic E-state index is -0.457. The molecule has 3 aromatic rings. The lowest BCUT2D eigenvalue weighted by molar-refractivity contribution is -0.116. The molecule has 2 aromatic carbocycles. The summed E-state index contributed by atoms with van der Waals surface area (Å²) in [6.45, 7) is 0. The predicted molar refractivity (Wildman–Crippen MR) is 118 cm³/mol. The number of hydrogen-bond donors (Lipinski definition) is 5. The summed E-state index contributed by atoms with van der Waals surface area (Å²) >= 11 is 0. The Labute approximate surface area is 188 Å². The van der Waals surface area contributed by atoms with Crippen molar-refractivity contribution in [2.75, 3.05) is 30.6 Å². The van der Waals surface area contributed by atoms with E-state index in [1.54, 1.807) is 12.1 Å². The van der Waals surface area contributed by atoms with Gasteiger partial charge < -0.3 is 25.4 Å². The molecular weight excluding hydrogens is 432 g/mol. The summed E-state index contributed by atoms with van der Waals surface area (Å²) < 4.78 is 10.0. The van der Waals surface area contributed by atoms with Crippen LogP contribution in [0.2, 0.25) is 0 Å². The molecule has 0 radical (unpaired) electrons. The largest absolute Gasteiger partial charge is 0.504 e. The predicted octanol–water partition coefficient (Wildman–Crippen LogP) is 1.24. The zero-order valence-corrected chi connectivity index (χ0v) is 17.8. The Morgan fingerprint density at radius 1 is 0.818 bits per heavy atom. The van der Waals surface area contributed by atoms with Crippen molar-refractivity contribution in [1.29, 1.82) is 0 Å². The van der Waals surface area contributed by atoms with Crippen LogP contribution in [-0.4, -0.2) is 51.2 Å².